The summed E-state index contributed by atoms with van der Waals surface area (Å²) in [5.41, 5.74) is 10.1. The van der Waals surface area contributed by atoms with Gasteiger partial charge >= 0.3 is 0 Å². The molecule has 2 aromatic rings. The average molecular weight is 284 g/mol. The lowest BCUT2D eigenvalue weighted by Gasteiger charge is -2.30. The van der Waals surface area contributed by atoms with Gasteiger partial charge in [0.25, 0.3) is 0 Å². The molecule has 1 aliphatic carbocycles. The Morgan fingerprint density at radius 1 is 1.29 bits per heavy atom. The molecule has 2 aliphatic rings. The third-order valence-corrected chi connectivity index (χ3v) is 4.30. The number of nitrogens with zero attached hydrogens (tertiary/aromatic N) is 3. The van der Waals surface area contributed by atoms with Crippen LogP contribution in [-0.2, 0) is 6.42 Å². The fraction of sp³-hybridized carbons (Fsp3) is 0.375. The van der Waals surface area contributed by atoms with Crippen molar-refractivity contribution in [1.29, 1.82) is 0 Å². The summed E-state index contributed by atoms with van der Waals surface area (Å²) in [6, 6.07) is 5.09. The number of benzene rings is 1. The van der Waals surface area contributed by atoms with E-state index in [2.05, 4.69) is 9.88 Å². The molecule has 1 aromatic heterocycles. The fourth-order valence-corrected chi connectivity index (χ4v) is 3.25. The molecule has 2 heterocycles. The standard InChI is InChI=1S/C16H17FN4/c17-12-3-4-14-10(7-12)6-11-8-19-16(20-15(11)14)21-5-1-2-13(18)9-21/h3-4,7-8,13H,1-2,5-6,9,18H2. The van der Waals surface area contributed by atoms with Crippen molar-refractivity contribution in [3.05, 3.63) is 41.3 Å². The molecule has 0 spiro atoms. The van der Waals surface area contributed by atoms with Crippen molar-refractivity contribution in [2.75, 3.05) is 18.0 Å². The molecule has 0 radical (unpaired) electrons. The van der Waals surface area contributed by atoms with Crippen molar-refractivity contribution in [2.45, 2.75) is 25.3 Å². The van der Waals surface area contributed by atoms with Crippen LogP contribution >= 0.6 is 0 Å². The predicted octanol–water partition coefficient (Wildman–Crippen LogP) is 2.11. The number of hydrogen-bond acceptors (Lipinski definition) is 4. The van der Waals surface area contributed by atoms with Crippen molar-refractivity contribution in [3.63, 3.8) is 0 Å². The highest BCUT2D eigenvalue weighted by Crippen LogP contribution is 2.36. The highest BCUT2D eigenvalue weighted by molar-refractivity contribution is 5.73. The smallest absolute Gasteiger partial charge is 0.225 e. The summed E-state index contributed by atoms with van der Waals surface area (Å²) in [4.78, 5) is 11.3. The maximum Gasteiger partial charge on any atom is 0.225 e. The third kappa shape index (κ3) is 2.17. The number of hydrogen-bond donors (Lipinski definition) is 1. The van der Waals surface area contributed by atoms with Gasteiger partial charge in [0.1, 0.15) is 5.82 Å². The summed E-state index contributed by atoms with van der Waals surface area (Å²) in [5.74, 6) is 0.540. The van der Waals surface area contributed by atoms with Gasteiger partial charge in [-0.3, -0.25) is 0 Å². The molecular formula is C16H17FN4. The second kappa shape index (κ2) is 4.77. The van der Waals surface area contributed by atoms with Gasteiger partial charge in [-0.05, 0) is 36.6 Å². The zero-order chi connectivity index (χ0) is 14.4. The van der Waals surface area contributed by atoms with Gasteiger partial charge in [0.15, 0.2) is 0 Å². The second-order valence-corrected chi connectivity index (χ2v) is 5.87. The first-order valence-corrected chi connectivity index (χ1v) is 7.36. The van der Waals surface area contributed by atoms with Gasteiger partial charge in [-0.1, -0.05) is 0 Å². The quantitative estimate of drug-likeness (QED) is 0.743. The van der Waals surface area contributed by atoms with Crippen molar-refractivity contribution >= 4 is 5.95 Å². The molecule has 0 amide bonds. The molecule has 1 aliphatic heterocycles. The minimum atomic E-state index is -0.197. The van der Waals surface area contributed by atoms with Gasteiger partial charge in [0, 0.05) is 42.9 Å². The minimum Gasteiger partial charge on any atom is -0.339 e. The summed E-state index contributed by atoms with van der Waals surface area (Å²) < 4.78 is 13.3. The van der Waals surface area contributed by atoms with E-state index in [9.17, 15) is 4.39 Å². The summed E-state index contributed by atoms with van der Waals surface area (Å²) >= 11 is 0. The zero-order valence-corrected chi connectivity index (χ0v) is 11.7. The van der Waals surface area contributed by atoms with Crippen molar-refractivity contribution in [3.8, 4) is 11.3 Å². The minimum absolute atomic E-state index is 0.192. The summed E-state index contributed by atoms with van der Waals surface area (Å²) in [6.45, 7) is 1.75. The van der Waals surface area contributed by atoms with Crippen LogP contribution in [0.5, 0.6) is 0 Å². The molecule has 4 nitrogen and oxygen atoms in total. The lowest BCUT2D eigenvalue weighted by Crippen LogP contribution is -2.43. The van der Waals surface area contributed by atoms with E-state index in [1.165, 1.54) is 6.07 Å². The van der Waals surface area contributed by atoms with Gasteiger partial charge in [0.05, 0.1) is 5.69 Å². The van der Waals surface area contributed by atoms with Crippen LogP contribution < -0.4 is 10.6 Å². The Bertz CT molecular complexity index is 701. The normalized spacial score (nSPS) is 20.3. The van der Waals surface area contributed by atoms with E-state index in [0.29, 0.717) is 6.42 Å². The first-order chi connectivity index (χ1) is 10.2. The number of aromatic nitrogens is 2. The largest absolute Gasteiger partial charge is 0.339 e. The molecule has 0 saturated carbocycles. The van der Waals surface area contributed by atoms with E-state index in [-0.39, 0.29) is 11.9 Å². The van der Waals surface area contributed by atoms with Crippen LogP contribution in [0.4, 0.5) is 10.3 Å². The molecule has 0 bridgehead atoms. The van der Waals surface area contributed by atoms with Gasteiger partial charge in [-0.2, -0.15) is 0 Å². The van der Waals surface area contributed by atoms with Gasteiger partial charge < -0.3 is 10.6 Å². The first kappa shape index (κ1) is 12.7. The maximum absolute atomic E-state index is 13.3. The Balaban J connectivity index is 1.72. The van der Waals surface area contributed by atoms with Crippen LogP contribution in [0, 0.1) is 5.82 Å². The van der Waals surface area contributed by atoms with E-state index >= 15 is 0 Å². The number of anilines is 1. The Kier molecular flexibility index (Phi) is 2.89. The van der Waals surface area contributed by atoms with Crippen LogP contribution in [0.15, 0.2) is 24.4 Å². The number of nitrogens with two attached hydrogens (primary N) is 1. The number of halogens is 1. The zero-order valence-electron chi connectivity index (χ0n) is 11.7. The van der Waals surface area contributed by atoms with Crippen molar-refractivity contribution in [2.24, 2.45) is 5.73 Å². The van der Waals surface area contributed by atoms with Gasteiger partial charge in [-0.15, -0.1) is 0 Å². The second-order valence-electron chi connectivity index (χ2n) is 5.87. The van der Waals surface area contributed by atoms with Crippen molar-refractivity contribution in [1.82, 2.24) is 9.97 Å². The molecule has 1 saturated heterocycles. The molecule has 1 atom stereocenters. The Labute approximate surface area is 122 Å². The Hall–Kier alpha value is -2.01. The Morgan fingerprint density at radius 3 is 3.05 bits per heavy atom. The lowest BCUT2D eigenvalue weighted by molar-refractivity contribution is 0.500. The molecule has 1 aromatic carbocycles. The van der Waals surface area contributed by atoms with E-state index < -0.39 is 0 Å². The Morgan fingerprint density at radius 2 is 2.19 bits per heavy atom. The molecule has 4 rings (SSSR count). The molecule has 1 unspecified atom stereocenters. The maximum atomic E-state index is 13.3. The number of piperidine rings is 1. The predicted molar refractivity (Wildman–Crippen MR) is 79.7 cm³/mol. The van der Waals surface area contributed by atoms with Crippen LogP contribution in [0.1, 0.15) is 24.0 Å². The van der Waals surface area contributed by atoms with Crippen LogP contribution in [0.3, 0.4) is 0 Å². The lowest BCUT2D eigenvalue weighted by atomic mass is 10.1. The average Bonchev–Trinajstić information content (AvgIpc) is 2.83. The molecule has 108 valence electrons. The van der Waals surface area contributed by atoms with Gasteiger partial charge in [0.2, 0.25) is 5.95 Å². The highest BCUT2D eigenvalue weighted by Gasteiger charge is 2.24. The van der Waals surface area contributed by atoms with Crippen molar-refractivity contribution < 1.29 is 4.39 Å². The first-order valence-electron chi connectivity index (χ1n) is 7.36. The van der Waals surface area contributed by atoms with Crippen LogP contribution in [0.2, 0.25) is 0 Å². The number of fused-ring (bicyclic) bond motifs is 3. The number of rotatable bonds is 1. The molecule has 21 heavy (non-hydrogen) atoms. The molecular weight excluding hydrogens is 267 g/mol. The summed E-state index contributed by atoms with van der Waals surface area (Å²) in [5, 5.41) is 0. The topological polar surface area (TPSA) is 55.0 Å². The van der Waals surface area contributed by atoms with E-state index in [0.717, 1.165) is 54.3 Å². The molecule has 5 heteroatoms. The third-order valence-electron chi connectivity index (χ3n) is 4.30. The molecule has 1 fully saturated rings. The van der Waals surface area contributed by atoms with Gasteiger partial charge in [-0.25, -0.2) is 14.4 Å². The van der Waals surface area contributed by atoms with Crippen LogP contribution in [-0.4, -0.2) is 29.1 Å². The monoisotopic (exact) mass is 284 g/mol. The van der Waals surface area contributed by atoms with E-state index in [4.69, 9.17) is 10.7 Å². The van der Waals surface area contributed by atoms with E-state index in [1.807, 2.05) is 12.3 Å². The summed E-state index contributed by atoms with van der Waals surface area (Å²) in [7, 11) is 0. The SMILES string of the molecule is NC1CCCN(c2ncc3c(n2)-c2ccc(F)cc2C3)C1. The molecule has 2 N–H and O–H groups in total. The highest BCUT2D eigenvalue weighted by atomic mass is 19.1. The van der Waals surface area contributed by atoms with Crippen LogP contribution in [0.25, 0.3) is 11.3 Å². The fourth-order valence-electron chi connectivity index (χ4n) is 3.25. The summed E-state index contributed by atoms with van der Waals surface area (Å²) in [6.07, 6.45) is 4.71. The van der Waals surface area contributed by atoms with E-state index in [1.54, 1.807) is 6.07 Å².